The SMILES string of the molecule is CN(CCCN/C(=C\C#N)CO[Si](c1ccccc1)(c1ccccc1)C(C)(C)C)C(=O)OC(C)(C)C. The molecule has 0 unspecified atom stereocenters. The Morgan fingerprint density at radius 2 is 1.53 bits per heavy atom. The first kappa shape index (κ1) is 29.1. The fourth-order valence-corrected chi connectivity index (χ4v) is 8.69. The highest BCUT2D eigenvalue weighted by Gasteiger charge is 2.50. The lowest BCUT2D eigenvalue weighted by atomic mass is 10.2. The van der Waals surface area contributed by atoms with E-state index in [1.807, 2.05) is 32.9 Å². The van der Waals surface area contributed by atoms with Crippen LogP contribution in [0.5, 0.6) is 0 Å². The van der Waals surface area contributed by atoms with Gasteiger partial charge in [-0.2, -0.15) is 5.26 Å². The lowest BCUT2D eigenvalue weighted by molar-refractivity contribution is 0.0297. The van der Waals surface area contributed by atoms with Crippen LogP contribution in [0.3, 0.4) is 0 Å². The first-order chi connectivity index (χ1) is 16.9. The maximum absolute atomic E-state index is 12.2. The molecule has 0 fully saturated rings. The van der Waals surface area contributed by atoms with E-state index in [4.69, 9.17) is 9.16 Å². The van der Waals surface area contributed by atoms with E-state index in [0.717, 1.165) is 5.70 Å². The molecule has 0 saturated heterocycles. The predicted molar refractivity (Wildman–Crippen MR) is 149 cm³/mol. The minimum atomic E-state index is -2.70. The van der Waals surface area contributed by atoms with Crippen LogP contribution in [0.15, 0.2) is 72.4 Å². The van der Waals surface area contributed by atoms with Crippen molar-refractivity contribution >= 4 is 24.8 Å². The maximum Gasteiger partial charge on any atom is 0.410 e. The quantitative estimate of drug-likeness (QED) is 0.284. The molecule has 2 rings (SSSR count). The summed E-state index contributed by atoms with van der Waals surface area (Å²) in [6.45, 7) is 13.7. The summed E-state index contributed by atoms with van der Waals surface area (Å²) in [5.74, 6) is 0. The van der Waals surface area contributed by atoms with Crippen molar-refractivity contribution in [2.45, 2.75) is 58.6 Å². The number of rotatable bonds is 10. The van der Waals surface area contributed by atoms with Gasteiger partial charge in [-0.15, -0.1) is 0 Å². The second-order valence-electron chi connectivity index (χ2n) is 10.9. The Kier molecular flexibility index (Phi) is 10.3. The molecule has 0 bridgehead atoms. The largest absolute Gasteiger partial charge is 0.444 e. The molecule has 7 heteroatoms. The van der Waals surface area contributed by atoms with E-state index in [0.29, 0.717) is 26.1 Å². The topological polar surface area (TPSA) is 74.6 Å². The molecule has 0 aliphatic heterocycles. The van der Waals surface area contributed by atoms with Crippen molar-refractivity contribution < 1.29 is 14.0 Å². The molecule has 1 N–H and O–H groups in total. The third kappa shape index (κ3) is 7.97. The number of hydrogen-bond acceptors (Lipinski definition) is 5. The number of nitrogens with zero attached hydrogens (tertiary/aromatic N) is 2. The van der Waals surface area contributed by atoms with Crippen LogP contribution in [-0.2, 0) is 9.16 Å². The van der Waals surface area contributed by atoms with Gasteiger partial charge in [-0.05, 0) is 42.6 Å². The molecule has 0 radical (unpaired) electrons. The van der Waals surface area contributed by atoms with E-state index in [-0.39, 0.29) is 11.1 Å². The van der Waals surface area contributed by atoms with E-state index >= 15 is 0 Å². The summed E-state index contributed by atoms with van der Waals surface area (Å²) in [7, 11) is -0.976. The second kappa shape index (κ2) is 12.7. The van der Waals surface area contributed by atoms with Gasteiger partial charge in [0.25, 0.3) is 8.32 Å². The third-order valence-corrected chi connectivity index (χ3v) is 10.8. The zero-order chi connectivity index (χ0) is 26.8. The van der Waals surface area contributed by atoms with Gasteiger partial charge in [0.1, 0.15) is 5.60 Å². The lowest BCUT2D eigenvalue weighted by Gasteiger charge is -2.43. The number of nitrogens with one attached hydrogen (secondary N) is 1. The number of allylic oxidation sites excluding steroid dienone is 1. The van der Waals surface area contributed by atoms with Crippen LogP contribution in [0.2, 0.25) is 5.04 Å². The summed E-state index contributed by atoms with van der Waals surface area (Å²) in [6.07, 6.45) is 1.87. The molecule has 0 atom stereocenters. The highest BCUT2D eigenvalue weighted by atomic mass is 28.4. The highest BCUT2D eigenvalue weighted by Crippen LogP contribution is 2.36. The van der Waals surface area contributed by atoms with Crippen molar-refractivity contribution in [3.8, 4) is 6.07 Å². The van der Waals surface area contributed by atoms with Gasteiger partial charge in [0.2, 0.25) is 0 Å². The number of nitriles is 1. The molecule has 2 aromatic carbocycles. The highest BCUT2D eigenvalue weighted by molar-refractivity contribution is 6.99. The van der Waals surface area contributed by atoms with Gasteiger partial charge in [-0.3, -0.25) is 0 Å². The Hall–Kier alpha value is -3.08. The van der Waals surface area contributed by atoms with Gasteiger partial charge in [0.15, 0.2) is 0 Å². The number of ether oxygens (including phenoxy) is 1. The number of amides is 1. The van der Waals surface area contributed by atoms with Crippen LogP contribution in [0.1, 0.15) is 48.0 Å². The maximum atomic E-state index is 12.2. The second-order valence-corrected chi connectivity index (χ2v) is 15.2. The first-order valence-corrected chi connectivity index (χ1v) is 14.3. The smallest absolute Gasteiger partial charge is 0.410 e. The third-order valence-electron chi connectivity index (χ3n) is 5.83. The molecule has 0 spiro atoms. The number of carbonyl (C=O) groups is 1. The Balaban J connectivity index is 2.15. The molecular formula is C29H41N3O3Si. The average Bonchev–Trinajstić information content (AvgIpc) is 2.81. The van der Waals surface area contributed by atoms with Crippen molar-refractivity contribution in [1.29, 1.82) is 5.26 Å². The zero-order valence-electron chi connectivity index (χ0n) is 22.8. The zero-order valence-corrected chi connectivity index (χ0v) is 23.8. The molecule has 2 aromatic rings. The van der Waals surface area contributed by atoms with Crippen molar-refractivity contribution in [1.82, 2.24) is 10.2 Å². The molecule has 0 aliphatic rings. The standard InChI is InChI=1S/C29H41N3O3Si/c1-28(2,3)35-27(33)32(7)22-14-21-31-24(19-20-30)23-34-36(29(4,5)6,25-15-10-8-11-16-25)26-17-12-9-13-18-26/h8-13,15-19,31H,14,21-23H2,1-7H3/b24-19-. The minimum absolute atomic E-state index is 0.149. The molecule has 194 valence electrons. The van der Waals surface area contributed by atoms with Gasteiger partial charge in [-0.1, -0.05) is 81.4 Å². The van der Waals surface area contributed by atoms with Gasteiger partial charge < -0.3 is 19.4 Å². The molecule has 36 heavy (non-hydrogen) atoms. The monoisotopic (exact) mass is 507 g/mol. The summed E-state index contributed by atoms with van der Waals surface area (Å²) >= 11 is 0. The van der Waals surface area contributed by atoms with E-state index in [9.17, 15) is 10.1 Å². The Morgan fingerprint density at radius 1 is 1.00 bits per heavy atom. The van der Waals surface area contributed by atoms with Crippen molar-refractivity contribution in [3.05, 3.63) is 72.4 Å². The van der Waals surface area contributed by atoms with E-state index in [2.05, 4.69) is 80.7 Å². The normalized spacial score (nSPS) is 12.6. The fraction of sp³-hybridized carbons (Fsp3) is 0.448. The summed E-state index contributed by atoms with van der Waals surface area (Å²) in [5, 5.41) is 15.0. The number of benzene rings is 2. The summed E-state index contributed by atoms with van der Waals surface area (Å²) in [6, 6.07) is 23.0. The predicted octanol–water partition coefficient (Wildman–Crippen LogP) is 4.82. The van der Waals surface area contributed by atoms with Crippen LogP contribution in [0, 0.1) is 11.3 Å². The molecule has 1 amide bonds. The van der Waals surface area contributed by atoms with Crippen molar-refractivity contribution in [2.24, 2.45) is 0 Å². The molecule has 0 saturated carbocycles. The van der Waals surface area contributed by atoms with Gasteiger partial charge >= 0.3 is 6.09 Å². The van der Waals surface area contributed by atoms with Gasteiger partial charge in [-0.25, -0.2) is 4.79 Å². The summed E-state index contributed by atoms with van der Waals surface area (Å²) in [5.41, 5.74) is 0.204. The summed E-state index contributed by atoms with van der Waals surface area (Å²) in [4.78, 5) is 13.7. The Morgan fingerprint density at radius 3 is 1.97 bits per heavy atom. The van der Waals surface area contributed by atoms with Crippen molar-refractivity contribution in [2.75, 3.05) is 26.7 Å². The van der Waals surface area contributed by atoms with Crippen LogP contribution < -0.4 is 15.7 Å². The van der Waals surface area contributed by atoms with Crippen LogP contribution in [0.4, 0.5) is 4.79 Å². The molecule has 0 aromatic heterocycles. The average molecular weight is 508 g/mol. The van der Waals surface area contributed by atoms with Crippen LogP contribution in [0.25, 0.3) is 0 Å². The van der Waals surface area contributed by atoms with E-state index < -0.39 is 13.9 Å². The Bertz CT molecular complexity index is 996. The van der Waals surface area contributed by atoms with Crippen LogP contribution in [-0.4, -0.2) is 51.7 Å². The molecule has 6 nitrogen and oxygen atoms in total. The molecular weight excluding hydrogens is 466 g/mol. The van der Waals surface area contributed by atoms with Gasteiger partial charge in [0.05, 0.1) is 12.7 Å². The number of carbonyl (C=O) groups excluding carboxylic acids is 1. The number of hydrogen-bond donors (Lipinski definition) is 1. The lowest BCUT2D eigenvalue weighted by Crippen LogP contribution is -2.66. The summed E-state index contributed by atoms with van der Waals surface area (Å²) < 4.78 is 12.3. The molecule has 0 aliphatic carbocycles. The van der Waals surface area contributed by atoms with E-state index in [1.165, 1.54) is 16.4 Å². The minimum Gasteiger partial charge on any atom is -0.444 e. The molecule has 0 heterocycles. The van der Waals surface area contributed by atoms with E-state index in [1.54, 1.807) is 11.9 Å². The van der Waals surface area contributed by atoms with Crippen LogP contribution >= 0.6 is 0 Å². The van der Waals surface area contributed by atoms with Crippen molar-refractivity contribution in [3.63, 3.8) is 0 Å². The first-order valence-electron chi connectivity index (χ1n) is 12.4. The Labute approximate surface area is 218 Å². The fourth-order valence-electron chi connectivity index (χ4n) is 4.17. The van der Waals surface area contributed by atoms with Gasteiger partial charge in [0, 0.05) is 31.9 Å².